The third kappa shape index (κ3) is 6.15. The number of anilines is 2. The number of hydrogen-bond acceptors (Lipinski definition) is 1. The van der Waals surface area contributed by atoms with Crippen molar-refractivity contribution in [1.29, 1.82) is 0 Å². The minimum absolute atomic E-state index is 1.12. The van der Waals surface area contributed by atoms with Crippen molar-refractivity contribution in [2.75, 3.05) is 4.90 Å². The van der Waals surface area contributed by atoms with Crippen molar-refractivity contribution in [2.24, 2.45) is 0 Å². The van der Waals surface area contributed by atoms with Crippen molar-refractivity contribution in [3.8, 4) is 0 Å². The SMILES string of the molecule is Cc1ccc(N(C(=Cc2ccccc2)c2ccc(C=Cc3ccccc3)cc2)c2ccc(C)cc2)cc1. The summed E-state index contributed by atoms with van der Waals surface area (Å²) in [7, 11) is 0. The molecule has 0 bridgehead atoms. The van der Waals surface area contributed by atoms with E-state index >= 15 is 0 Å². The van der Waals surface area contributed by atoms with Gasteiger partial charge in [-0.05, 0) is 66.4 Å². The van der Waals surface area contributed by atoms with Gasteiger partial charge >= 0.3 is 0 Å². The lowest BCUT2D eigenvalue weighted by Crippen LogP contribution is -2.15. The highest BCUT2D eigenvalue weighted by Crippen LogP contribution is 2.36. The zero-order valence-corrected chi connectivity index (χ0v) is 21.4. The van der Waals surface area contributed by atoms with Gasteiger partial charge in [0, 0.05) is 11.4 Å². The summed E-state index contributed by atoms with van der Waals surface area (Å²) in [6.07, 6.45) is 6.59. The van der Waals surface area contributed by atoms with Gasteiger partial charge in [0.15, 0.2) is 0 Å². The van der Waals surface area contributed by atoms with Gasteiger partial charge in [0.05, 0.1) is 5.70 Å². The first-order chi connectivity index (χ1) is 18.2. The van der Waals surface area contributed by atoms with E-state index in [-0.39, 0.29) is 0 Å². The third-order valence-electron chi connectivity index (χ3n) is 6.40. The van der Waals surface area contributed by atoms with Gasteiger partial charge in [0.1, 0.15) is 0 Å². The third-order valence-corrected chi connectivity index (χ3v) is 6.40. The molecule has 180 valence electrons. The minimum atomic E-state index is 1.12. The average molecular weight is 478 g/mol. The maximum Gasteiger partial charge on any atom is 0.0539 e. The van der Waals surface area contributed by atoms with Gasteiger partial charge in [-0.3, -0.25) is 0 Å². The van der Waals surface area contributed by atoms with E-state index in [2.05, 4.69) is 164 Å². The van der Waals surface area contributed by atoms with Crippen LogP contribution in [0.15, 0.2) is 133 Å². The predicted molar refractivity (Wildman–Crippen MR) is 161 cm³/mol. The molecule has 0 spiro atoms. The van der Waals surface area contributed by atoms with Gasteiger partial charge in [-0.1, -0.05) is 132 Å². The highest BCUT2D eigenvalue weighted by Gasteiger charge is 2.17. The highest BCUT2D eigenvalue weighted by atomic mass is 15.1. The molecular formula is C36H31N. The fourth-order valence-corrected chi connectivity index (χ4v) is 4.32. The Kier molecular flexibility index (Phi) is 7.43. The van der Waals surface area contributed by atoms with Gasteiger partial charge in [-0.2, -0.15) is 0 Å². The summed E-state index contributed by atoms with van der Waals surface area (Å²) in [6, 6.07) is 47.3. The molecule has 0 heterocycles. The zero-order valence-electron chi connectivity index (χ0n) is 21.4. The Morgan fingerprint density at radius 2 is 0.892 bits per heavy atom. The van der Waals surface area contributed by atoms with Crippen LogP contribution in [0.4, 0.5) is 11.4 Å². The van der Waals surface area contributed by atoms with E-state index in [4.69, 9.17) is 0 Å². The molecule has 0 unspecified atom stereocenters. The molecule has 5 aromatic carbocycles. The molecule has 0 radical (unpaired) electrons. The number of rotatable bonds is 7. The van der Waals surface area contributed by atoms with Crippen molar-refractivity contribution in [3.63, 3.8) is 0 Å². The van der Waals surface area contributed by atoms with Gasteiger partial charge in [0.25, 0.3) is 0 Å². The van der Waals surface area contributed by atoms with E-state index < -0.39 is 0 Å². The first-order valence-electron chi connectivity index (χ1n) is 12.7. The predicted octanol–water partition coefficient (Wildman–Crippen LogP) is 9.81. The smallest absolute Gasteiger partial charge is 0.0539 e. The van der Waals surface area contributed by atoms with Crippen LogP contribution in [-0.2, 0) is 0 Å². The van der Waals surface area contributed by atoms with E-state index in [1.165, 1.54) is 22.3 Å². The molecule has 0 saturated carbocycles. The van der Waals surface area contributed by atoms with Crippen LogP contribution >= 0.6 is 0 Å². The molecule has 5 aromatic rings. The van der Waals surface area contributed by atoms with Crippen molar-refractivity contribution < 1.29 is 0 Å². The molecule has 0 amide bonds. The fraction of sp³-hybridized carbons (Fsp3) is 0.0556. The van der Waals surface area contributed by atoms with Crippen LogP contribution in [0.1, 0.15) is 33.4 Å². The first-order valence-corrected chi connectivity index (χ1v) is 12.7. The van der Waals surface area contributed by atoms with Gasteiger partial charge in [-0.25, -0.2) is 0 Å². The molecule has 37 heavy (non-hydrogen) atoms. The van der Waals surface area contributed by atoms with Crippen LogP contribution in [-0.4, -0.2) is 0 Å². The maximum atomic E-state index is 2.35. The first kappa shape index (κ1) is 24.1. The number of hydrogen-bond donors (Lipinski definition) is 0. The summed E-state index contributed by atoms with van der Waals surface area (Å²) >= 11 is 0. The quantitative estimate of drug-likeness (QED) is 0.211. The molecule has 0 aliphatic heterocycles. The van der Waals surface area contributed by atoms with Crippen LogP contribution < -0.4 is 4.90 Å². The molecule has 0 fully saturated rings. The number of benzene rings is 5. The molecule has 5 rings (SSSR count). The van der Waals surface area contributed by atoms with E-state index in [0.29, 0.717) is 0 Å². The van der Waals surface area contributed by atoms with Crippen LogP contribution in [0.2, 0.25) is 0 Å². The number of nitrogens with zero attached hydrogens (tertiary/aromatic N) is 1. The van der Waals surface area contributed by atoms with Crippen molar-refractivity contribution in [3.05, 3.63) is 167 Å². The normalized spacial score (nSPS) is 11.6. The molecular weight excluding hydrogens is 446 g/mol. The molecule has 1 heteroatoms. The largest absolute Gasteiger partial charge is 0.310 e. The Morgan fingerprint density at radius 3 is 1.38 bits per heavy atom. The Labute approximate surface area is 220 Å². The Hall–Kier alpha value is -4.62. The maximum absolute atomic E-state index is 2.35. The second kappa shape index (κ2) is 11.4. The standard InChI is InChI=1S/C36H31N/c1-28-13-23-34(24-14-28)37(35-25-15-29(2)16-26-35)36(27-32-11-7-4-8-12-32)33-21-19-31(20-22-33)18-17-30-9-5-3-6-10-30/h3-27H,1-2H3. The topological polar surface area (TPSA) is 3.24 Å². The second-order valence-corrected chi connectivity index (χ2v) is 9.31. The molecule has 1 nitrogen and oxygen atoms in total. The van der Waals surface area contributed by atoms with Gasteiger partial charge in [-0.15, -0.1) is 0 Å². The molecule has 0 saturated heterocycles. The van der Waals surface area contributed by atoms with E-state index in [9.17, 15) is 0 Å². The summed E-state index contributed by atoms with van der Waals surface area (Å²) in [6.45, 7) is 4.25. The van der Waals surface area contributed by atoms with Gasteiger partial charge < -0.3 is 4.90 Å². The van der Waals surface area contributed by atoms with Crippen LogP contribution in [0.25, 0.3) is 23.9 Å². The van der Waals surface area contributed by atoms with Crippen LogP contribution in [0.3, 0.4) is 0 Å². The van der Waals surface area contributed by atoms with Crippen molar-refractivity contribution in [2.45, 2.75) is 13.8 Å². The molecule has 0 aromatic heterocycles. The molecule has 0 aliphatic rings. The van der Waals surface area contributed by atoms with Crippen molar-refractivity contribution >= 4 is 35.3 Å². The lowest BCUT2D eigenvalue weighted by molar-refractivity contribution is 1.28. The molecule has 0 N–H and O–H groups in total. The van der Waals surface area contributed by atoms with Crippen LogP contribution in [0, 0.1) is 13.8 Å². The Bertz CT molecular complexity index is 1430. The number of aryl methyl sites for hydroxylation is 2. The van der Waals surface area contributed by atoms with Crippen molar-refractivity contribution in [1.82, 2.24) is 0 Å². The van der Waals surface area contributed by atoms with E-state index in [1.54, 1.807) is 0 Å². The monoisotopic (exact) mass is 477 g/mol. The lowest BCUT2D eigenvalue weighted by atomic mass is 10.0. The van der Waals surface area contributed by atoms with Gasteiger partial charge in [0.2, 0.25) is 0 Å². The van der Waals surface area contributed by atoms with E-state index in [0.717, 1.165) is 28.2 Å². The summed E-state index contributed by atoms with van der Waals surface area (Å²) in [5, 5.41) is 0. The summed E-state index contributed by atoms with van der Waals surface area (Å²) in [5.41, 5.74) is 10.6. The summed E-state index contributed by atoms with van der Waals surface area (Å²) < 4.78 is 0. The molecule has 0 aliphatic carbocycles. The fourth-order valence-electron chi connectivity index (χ4n) is 4.32. The van der Waals surface area contributed by atoms with Crippen LogP contribution in [0.5, 0.6) is 0 Å². The Balaban J connectivity index is 1.60. The zero-order chi connectivity index (χ0) is 25.5. The average Bonchev–Trinajstić information content (AvgIpc) is 2.95. The highest BCUT2D eigenvalue weighted by molar-refractivity contribution is 5.96. The minimum Gasteiger partial charge on any atom is -0.310 e. The molecule has 0 atom stereocenters. The van der Waals surface area contributed by atoms with E-state index in [1.807, 2.05) is 6.07 Å². The lowest BCUT2D eigenvalue weighted by Gasteiger charge is -2.29. The summed E-state index contributed by atoms with van der Waals surface area (Å²) in [5.74, 6) is 0. The summed E-state index contributed by atoms with van der Waals surface area (Å²) in [4.78, 5) is 2.35. The Morgan fingerprint density at radius 1 is 0.459 bits per heavy atom. The second-order valence-electron chi connectivity index (χ2n) is 9.31.